The third-order valence-electron chi connectivity index (χ3n) is 2.44. The van der Waals surface area contributed by atoms with Crippen molar-refractivity contribution in [1.82, 2.24) is 0 Å². The summed E-state index contributed by atoms with van der Waals surface area (Å²) < 4.78 is 9.87. The highest BCUT2D eigenvalue weighted by Gasteiger charge is 2.18. The number of esters is 2. The Morgan fingerprint density at radius 2 is 1.95 bits per heavy atom. The molecule has 1 atom stereocenters. The molecule has 1 aromatic rings. The fraction of sp³-hybridized carbons (Fsp3) is 0.267. The van der Waals surface area contributed by atoms with E-state index in [4.69, 9.17) is 21.1 Å². The minimum absolute atomic E-state index is 0.000953. The number of hydrogen-bond donors (Lipinski definition) is 0. The summed E-state index contributed by atoms with van der Waals surface area (Å²) in [5, 5.41) is -0.936. The van der Waals surface area contributed by atoms with E-state index in [9.17, 15) is 14.4 Å². The van der Waals surface area contributed by atoms with E-state index >= 15 is 0 Å². The van der Waals surface area contributed by atoms with E-state index in [1.165, 1.54) is 31.2 Å². The predicted molar refractivity (Wildman–Crippen MR) is 77.5 cm³/mol. The minimum Gasteiger partial charge on any atom is -0.462 e. The van der Waals surface area contributed by atoms with E-state index in [0.29, 0.717) is 11.8 Å². The number of carbonyl (C=O) groups excluding carboxylic acids is 3. The number of aldehydes is 1. The van der Waals surface area contributed by atoms with Gasteiger partial charge in [0.15, 0.2) is 0 Å². The molecule has 0 N–H and O–H groups in total. The van der Waals surface area contributed by atoms with Crippen LogP contribution in [0.5, 0.6) is 5.75 Å². The molecule has 1 rings (SSSR count). The molecule has 0 saturated carbocycles. The molecule has 1 aromatic carbocycles. The number of alkyl halides is 1. The highest BCUT2D eigenvalue weighted by Crippen LogP contribution is 2.14. The third kappa shape index (κ3) is 5.79. The van der Waals surface area contributed by atoms with Crippen LogP contribution in [-0.2, 0) is 14.3 Å². The Balaban J connectivity index is 2.41. The Morgan fingerprint density at radius 3 is 2.48 bits per heavy atom. The molecule has 0 fully saturated rings. The largest absolute Gasteiger partial charge is 0.462 e. The summed E-state index contributed by atoms with van der Waals surface area (Å²) in [6.07, 6.45) is 0.817. The van der Waals surface area contributed by atoms with Crippen LogP contribution in [0.2, 0.25) is 0 Å². The molecule has 1 unspecified atom stereocenters. The standard InChI is InChI=1S/C15H15ClO5/c1-10(2)14(18)20-8-7-13(16)15(19)21-12-5-3-11(9-17)4-6-12/h3-6,9,13H,1,7-8H2,2H3. The van der Waals surface area contributed by atoms with Crippen molar-refractivity contribution in [3.05, 3.63) is 42.0 Å². The zero-order chi connectivity index (χ0) is 15.8. The van der Waals surface area contributed by atoms with Gasteiger partial charge in [0.2, 0.25) is 0 Å². The van der Waals surface area contributed by atoms with Gasteiger partial charge in [-0.1, -0.05) is 6.58 Å². The van der Waals surface area contributed by atoms with Crippen LogP contribution in [0, 0.1) is 0 Å². The van der Waals surface area contributed by atoms with Crippen molar-refractivity contribution < 1.29 is 23.9 Å². The van der Waals surface area contributed by atoms with E-state index in [2.05, 4.69) is 6.58 Å². The summed E-state index contributed by atoms with van der Waals surface area (Å²) in [4.78, 5) is 33.3. The predicted octanol–water partition coefficient (Wildman–Crippen LogP) is 2.52. The lowest BCUT2D eigenvalue weighted by Gasteiger charge is -2.10. The Bertz CT molecular complexity index is 535. The first-order valence-electron chi connectivity index (χ1n) is 6.17. The Morgan fingerprint density at radius 1 is 1.33 bits per heavy atom. The Kier molecular flexibility index (Phi) is 6.62. The van der Waals surface area contributed by atoms with E-state index in [1.807, 2.05) is 0 Å². The van der Waals surface area contributed by atoms with E-state index < -0.39 is 17.3 Å². The van der Waals surface area contributed by atoms with Crippen molar-refractivity contribution in [2.45, 2.75) is 18.7 Å². The molecule has 5 nitrogen and oxygen atoms in total. The molecule has 0 aromatic heterocycles. The molecule has 0 spiro atoms. The van der Waals surface area contributed by atoms with Gasteiger partial charge in [0, 0.05) is 17.6 Å². The van der Waals surface area contributed by atoms with Crippen LogP contribution in [0.15, 0.2) is 36.4 Å². The molecular formula is C15H15ClO5. The lowest BCUT2D eigenvalue weighted by molar-refractivity contribution is -0.140. The topological polar surface area (TPSA) is 69.7 Å². The lowest BCUT2D eigenvalue weighted by Crippen LogP contribution is -2.23. The average Bonchev–Trinajstić information content (AvgIpc) is 2.47. The molecule has 0 aliphatic rings. The van der Waals surface area contributed by atoms with E-state index in [1.54, 1.807) is 0 Å². The van der Waals surface area contributed by atoms with Crippen LogP contribution in [0.1, 0.15) is 23.7 Å². The molecule has 0 aliphatic heterocycles. The fourth-order valence-corrected chi connectivity index (χ4v) is 1.42. The normalized spacial score (nSPS) is 11.3. The second kappa shape index (κ2) is 8.21. The van der Waals surface area contributed by atoms with Gasteiger partial charge in [0.1, 0.15) is 17.4 Å². The quantitative estimate of drug-likeness (QED) is 0.254. The van der Waals surface area contributed by atoms with Crippen LogP contribution < -0.4 is 4.74 Å². The average molecular weight is 311 g/mol. The maximum Gasteiger partial charge on any atom is 0.333 e. The van der Waals surface area contributed by atoms with Crippen LogP contribution in [0.3, 0.4) is 0 Å². The number of ether oxygens (including phenoxy) is 2. The summed E-state index contributed by atoms with van der Waals surface area (Å²) in [6, 6.07) is 6.03. The van der Waals surface area contributed by atoms with Gasteiger partial charge >= 0.3 is 11.9 Å². The zero-order valence-electron chi connectivity index (χ0n) is 11.5. The Hall–Kier alpha value is -2.14. The number of benzene rings is 1. The third-order valence-corrected chi connectivity index (χ3v) is 2.84. The van der Waals surface area contributed by atoms with Gasteiger partial charge in [-0.2, -0.15) is 0 Å². The van der Waals surface area contributed by atoms with Crippen LogP contribution >= 0.6 is 11.6 Å². The second-order valence-corrected chi connectivity index (χ2v) is 4.81. The molecule has 0 amide bonds. The number of rotatable bonds is 7. The van der Waals surface area contributed by atoms with Crippen molar-refractivity contribution in [3.8, 4) is 5.75 Å². The van der Waals surface area contributed by atoms with Gasteiger partial charge in [-0.25, -0.2) is 4.79 Å². The number of carbonyl (C=O) groups is 3. The van der Waals surface area contributed by atoms with Crippen molar-refractivity contribution >= 4 is 29.8 Å². The summed E-state index contributed by atoms with van der Waals surface area (Å²) in [6.45, 7) is 4.96. The van der Waals surface area contributed by atoms with Crippen molar-refractivity contribution in [2.75, 3.05) is 6.61 Å². The van der Waals surface area contributed by atoms with Crippen LogP contribution in [0.4, 0.5) is 0 Å². The molecular weight excluding hydrogens is 296 g/mol. The molecule has 0 heterocycles. The molecule has 6 heteroatoms. The molecule has 0 radical (unpaired) electrons. The monoisotopic (exact) mass is 310 g/mol. The van der Waals surface area contributed by atoms with E-state index in [0.717, 1.165) is 0 Å². The first kappa shape index (κ1) is 16.9. The smallest absolute Gasteiger partial charge is 0.333 e. The molecule has 0 bridgehead atoms. The SMILES string of the molecule is C=C(C)C(=O)OCCC(Cl)C(=O)Oc1ccc(C=O)cc1. The summed E-state index contributed by atoms with van der Waals surface area (Å²) in [5.74, 6) is -0.895. The van der Waals surface area contributed by atoms with Crippen molar-refractivity contribution in [2.24, 2.45) is 0 Å². The molecule has 21 heavy (non-hydrogen) atoms. The lowest BCUT2D eigenvalue weighted by atomic mass is 10.2. The maximum atomic E-state index is 11.7. The number of hydrogen-bond acceptors (Lipinski definition) is 5. The summed E-state index contributed by atoms with van der Waals surface area (Å²) in [7, 11) is 0. The van der Waals surface area contributed by atoms with Crippen molar-refractivity contribution in [3.63, 3.8) is 0 Å². The first-order valence-corrected chi connectivity index (χ1v) is 6.61. The number of halogens is 1. The highest BCUT2D eigenvalue weighted by molar-refractivity contribution is 6.30. The van der Waals surface area contributed by atoms with Gasteiger partial charge in [0.05, 0.1) is 6.61 Å². The van der Waals surface area contributed by atoms with Crippen LogP contribution in [0.25, 0.3) is 0 Å². The van der Waals surface area contributed by atoms with Gasteiger partial charge in [0.25, 0.3) is 0 Å². The van der Waals surface area contributed by atoms with Crippen LogP contribution in [-0.4, -0.2) is 30.2 Å². The summed E-state index contributed by atoms with van der Waals surface area (Å²) >= 11 is 5.86. The second-order valence-electron chi connectivity index (χ2n) is 4.28. The fourth-order valence-electron chi connectivity index (χ4n) is 1.29. The maximum absolute atomic E-state index is 11.7. The van der Waals surface area contributed by atoms with Gasteiger partial charge in [-0.05, 0) is 31.2 Å². The van der Waals surface area contributed by atoms with Gasteiger partial charge in [-0.15, -0.1) is 11.6 Å². The molecule has 0 saturated heterocycles. The summed E-state index contributed by atoms with van der Waals surface area (Å²) in [5.41, 5.74) is 0.753. The van der Waals surface area contributed by atoms with Gasteiger partial charge in [-0.3, -0.25) is 9.59 Å². The molecule has 0 aliphatic carbocycles. The van der Waals surface area contributed by atoms with Gasteiger partial charge < -0.3 is 9.47 Å². The zero-order valence-corrected chi connectivity index (χ0v) is 12.3. The highest BCUT2D eigenvalue weighted by atomic mass is 35.5. The minimum atomic E-state index is -0.936. The Labute approximate surface area is 127 Å². The van der Waals surface area contributed by atoms with Crippen molar-refractivity contribution in [1.29, 1.82) is 0 Å². The first-order chi connectivity index (χ1) is 9.93. The molecule has 112 valence electrons. The van der Waals surface area contributed by atoms with E-state index in [-0.39, 0.29) is 24.4 Å².